The predicted molar refractivity (Wildman–Crippen MR) is 69.8 cm³/mol. The number of carboxylic acids is 1. The van der Waals surface area contributed by atoms with Gasteiger partial charge in [-0.05, 0) is 29.8 Å². The van der Waals surface area contributed by atoms with Gasteiger partial charge < -0.3 is 5.11 Å². The van der Waals surface area contributed by atoms with E-state index < -0.39 is 11.9 Å². The summed E-state index contributed by atoms with van der Waals surface area (Å²) in [4.78, 5) is 15.5. The molecule has 2 aromatic rings. The standard InChI is InChI=1S/C14H12ClNO2/c15-11-6-4-10(5-7-11)13(14(17)18)9-12-3-1-2-8-16-12/h1-8,13H,9H2,(H,17,18). The molecule has 1 aromatic carbocycles. The molecule has 3 nitrogen and oxygen atoms in total. The summed E-state index contributed by atoms with van der Waals surface area (Å²) in [6, 6.07) is 12.4. The van der Waals surface area contributed by atoms with Crippen molar-refractivity contribution < 1.29 is 9.90 Å². The number of hydrogen-bond acceptors (Lipinski definition) is 2. The van der Waals surface area contributed by atoms with Crippen LogP contribution in [0.3, 0.4) is 0 Å². The summed E-state index contributed by atoms with van der Waals surface area (Å²) in [5.41, 5.74) is 1.50. The highest BCUT2D eigenvalue weighted by atomic mass is 35.5. The summed E-state index contributed by atoms with van der Waals surface area (Å²) >= 11 is 5.80. The molecule has 2 rings (SSSR count). The molecule has 4 heteroatoms. The van der Waals surface area contributed by atoms with Gasteiger partial charge in [0.25, 0.3) is 0 Å². The second-order valence-corrected chi connectivity index (χ2v) is 4.40. The number of pyridine rings is 1. The van der Waals surface area contributed by atoms with Crippen LogP contribution in [0.2, 0.25) is 5.02 Å². The molecule has 0 aliphatic heterocycles. The third-order valence-corrected chi connectivity index (χ3v) is 2.96. The Hall–Kier alpha value is -1.87. The molecule has 0 saturated carbocycles. The minimum atomic E-state index is -0.858. The normalized spacial score (nSPS) is 12.1. The number of aromatic nitrogens is 1. The van der Waals surface area contributed by atoms with E-state index in [0.717, 1.165) is 11.3 Å². The Morgan fingerprint density at radius 3 is 2.50 bits per heavy atom. The van der Waals surface area contributed by atoms with Crippen LogP contribution in [0.1, 0.15) is 17.2 Å². The van der Waals surface area contributed by atoms with Crippen LogP contribution in [0, 0.1) is 0 Å². The van der Waals surface area contributed by atoms with Gasteiger partial charge in [0, 0.05) is 23.3 Å². The summed E-state index contributed by atoms with van der Waals surface area (Å²) in [5, 5.41) is 9.89. The first-order valence-corrected chi connectivity index (χ1v) is 5.93. The van der Waals surface area contributed by atoms with Crippen molar-refractivity contribution >= 4 is 17.6 Å². The van der Waals surface area contributed by atoms with Crippen molar-refractivity contribution in [3.63, 3.8) is 0 Å². The number of aliphatic carboxylic acids is 1. The van der Waals surface area contributed by atoms with Gasteiger partial charge >= 0.3 is 5.97 Å². The molecule has 1 atom stereocenters. The van der Waals surface area contributed by atoms with Gasteiger partial charge in [-0.1, -0.05) is 29.8 Å². The third-order valence-electron chi connectivity index (χ3n) is 2.71. The van der Waals surface area contributed by atoms with E-state index >= 15 is 0 Å². The van der Waals surface area contributed by atoms with E-state index in [1.54, 1.807) is 30.5 Å². The zero-order valence-corrected chi connectivity index (χ0v) is 10.3. The maximum atomic E-state index is 11.3. The Kier molecular flexibility index (Phi) is 3.95. The fourth-order valence-electron chi connectivity index (χ4n) is 1.77. The van der Waals surface area contributed by atoms with Gasteiger partial charge in [-0.25, -0.2) is 0 Å². The zero-order chi connectivity index (χ0) is 13.0. The molecule has 0 bridgehead atoms. The molecule has 1 heterocycles. The Bertz CT molecular complexity index is 525. The fraction of sp³-hybridized carbons (Fsp3) is 0.143. The van der Waals surface area contributed by atoms with E-state index in [1.807, 2.05) is 18.2 Å². The molecule has 1 N–H and O–H groups in total. The van der Waals surface area contributed by atoms with Crippen LogP contribution in [-0.2, 0) is 11.2 Å². The van der Waals surface area contributed by atoms with Gasteiger partial charge in [-0.3, -0.25) is 9.78 Å². The quantitative estimate of drug-likeness (QED) is 0.920. The summed E-state index contributed by atoms with van der Waals surface area (Å²) in [7, 11) is 0. The highest BCUT2D eigenvalue weighted by Crippen LogP contribution is 2.22. The van der Waals surface area contributed by atoms with Crippen LogP contribution < -0.4 is 0 Å². The smallest absolute Gasteiger partial charge is 0.311 e. The molecular formula is C14H12ClNO2. The van der Waals surface area contributed by atoms with E-state index in [0.29, 0.717) is 11.4 Å². The molecular weight excluding hydrogens is 250 g/mol. The van der Waals surface area contributed by atoms with Crippen molar-refractivity contribution in [3.05, 3.63) is 64.9 Å². The first-order chi connectivity index (χ1) is 8.66. The number of benzene rings is 1. The Morgan fingerprint density at radius 2 is 1.94 bits per heavy atom. The van der Waals surface area contributed by atoms with E-state index in [4.69, 9.17) is 11.6 Å². The monoisotopic (exact) mass is 261 g/mol. The Labute approximate surface area is 110 Å². The highest BCUT2D eigenvalue weighted by molar-refractivity contribution is 6.30. The second kappa shape index (κ2) is 5.65. The Morgan fingerprint density at radius 1 is 1.22 bits per heavy atom. The van der Waals surface area contributed by atoms with Crippen LogP contribution in [0.15, 0.2) is 48.7 Å². The Balaban J connectivity index is 2.24. The lowest BCUT2D eigenvalue weighted by atomic mass is 9.94. The number of hydrogen-bond donors (Lipinski definition) is 1. The molecule has 1 unspecified atom stereocenters. The summed E-state index contributed by atoms with van der Waals surface area (Å²) in [6.07, 6.45) is 2.04. The molecule has 0 amide bonds. The lowest BCUT2D eigenvalue weighted by molar-refractivity contribution is -0.138. The second-order valence-electron chi connectivity index (χ2n) is 3.97. The number of halogens is 1. The van der Waals surface area contributed by atoms with Gasteiger partial charge in [0.1, 0.15) is 0 Å². The third kappa shape index (κ3) is 3.08. The van der Waals surface area contributed by atoms with Gasteiger partial charge in [-0.2, -0.15) is 0 Å². The molecule has 0 saturated heterocycles. The molecule has 0 aliphatic rings. The van der Waals surface area contributed by atoms with E-state index in [-0.39, 0.29) is 0 Å². The number of rotatable bonds is 4. The van der Waals surface area contributed by atoms with Crippen LogP contribution in [0.25, 0.3) is 0 Å². The van der Waals surface area contributed by atoms with E-state index in [1.165, 1.54) is 0 Å². The van der Waals surface area contributed by atoms with Gasteiger partial charge in [-0.15, -0.1) is 0 Å². The first-order valence-electron chi connectivity index (χ1n) is 5.55. The highest BCUT2D eigenvalue weighted by Gasteiger charge is 2.20. The van der Waals surface area contributed by atoms with Crippen LogP contribution in [-0.4, -0.2) is 16.1 Å². The average Bonchev–Trinajstić information content (AvgIpc) is 2.38. The molecule has 0 radical (unpaired) electrons. The summed E-state index contributed by atoms with van der Waals surface area (Å²) in [6.45, 7) is 0. The number of nitrogens with zero attached hydrogens (tertiary/aromatic N) is 1. The van der Waals surface area contributed by atoms with Crippen molar-refractivity contribution in [2.75, 3.05) is 0 Å². The van der Waals surface area contributed by atoms with Crippen molar-refractivity contribution in [1.82, 2.24) is 4.98 Å². The largest absolute Gasteiger partial charge is 0.481 e. The minimum Gasteiger partial charge on any atom is -0.481 e. The number of carboxylic acid groups (broad SMARTS) is 1. The minimum absolute atomic E-state index is 0.373. The van der Waals surface area contributed by atoms with Gasteiger partial charge in [0.05, 0.1) is 5.92 Å². The molecule has 1 aromatic heterocycles. The van der Waals surface area contributed by atoms with Gasteiger partial charge in [0.2, 0.25) is 0 Å². The summed E-state index contributed by atoms with van der Waals surface area (Å²) in [5.74, 6) is -1.46. The lowest BCUT2D eigenvalue weighted by Crippen LogP contribution is -2.15. The van der Waals surface area contributed by atoms with E-state index in [9.17, 15) is 9.90 Å². The zero-order valence-electron chi connectivity index (χ0n) is 9.58. The molecule has 92 valence electrons. The first kappa shape index (κ1) is 12.6. The van der Waals surface area contributed by atoms with Crippen molar-refractivity contribution in [3.8, 4) is 0 Å². The average molecular weight is 262 g/mol. The fourth-order valence-corrected chi connectivity index (χ4v) is 1.90. The van der Waals surface area contributed by atoms with Crippen molar-refractivity contribution in [2.24, 2.45) is 0 Å². The van der Waals surface area contributed by atoms with Gasteiger partial charge in [0.15, 0.2) is 0 Å². The molecule has 0 spiro atoms. The summed E-state index contributed by atoms with van der Waals surface area (Å²) < 4.78 is 0. The predicted octanol–water partition coefficient (Wildman–Crippen LogP) is 3.15. The number of carbonyl (C=O) groups is 1. The van der Waals surface area contributed by atoms with Crippen LogP contribution >= 0.6 is 11.6 Å². The molecule has 0 fully saturated rings. The van der Waals surface area contributed by atoms with E-state index in [2.05, 4.69) is 4.98 Å². The van der Waals surface area contributed by atoms with Crippen molar-refractivity contribution in [1.29, 1.82) is 0 Å². The molecule has 0 aliphatic carbocycles. The van der Waals surface area contributed by atoms with Crippen LogP contribution in [0.4, 0.5) is 0 Å². The molecule has 18 heavy (non-hydrogen) atoms. The topological polar surface area (TPSA) is 50.2 Å². The SMILES string of the molecule is O=C(O)C(Cc1ccccn1)c1ccc(Cl)cc1. The maximum Gasteiger partial charge on any atom is 0.311 e. The van der Waals surface area contributed by atoms with Crippen LogP contribution in [0.5, 0.6) is 0 Å². The lowest BCUT2D eigenvalue weighted by Gasteiger charge is -2.12. The van der Waals surface area contributed by atoms with Crippen molar-refractivity contribution in [2.45, 2.75) is 12.3 Å². The maximum absolute atomic E-state index is 11.3.